The van der Waals surface area contributed by atoms with Crippen molar-refractivity contribution in [1.29, 1.82) is 0 Å². The fourth-order valence-corrected chi connectivity index (χ4v) is 2.31. The Morgan fingerprint density at radius 3 is 1.71 bits per heavy atom. The molecule has 0 amide bonds. The minimum absolute atomic E-state index is 0.328. The van der Waals surface area contributed by atoms with Gasteiger partial charge in [0.05, 0.1) is 18.2 Å². The molecule has 5 nitrogen and oxygen atoms in total. The number of carbonyl (C=O) groups excluding carboxylic acids is 1. The summed E-state index contributed by atoms with van der Waals surface area (Å²) in [5, 5.41) is 8.63. The number of carbonyl (C=O) groups is 2. The molecule has 0 aromatic heterocycles. The van der Waals surface area contributed by atoms with Crippen LogP contribution in [0.1, 0.15) is 43.0 Å². The van der Waals surface area contributed by atoms with Crippen LogP contribution in [0.3, 0.4) is 0 Å². The largest absolute Gasteiger partial charge is 0.478 e. The van der Waals surface area contributed by atoms with E-state index in [-0.39, 0.29) is 5.97 Å². The van der Waals surface area contributed by atoms with Gasteiger partial charge in [0, 0.05) is 5.69 Å². The SMILES string of the molecule is COC(=O)c1cc(C)c(N)c(C)c1.Cc1cc(C)cc(C(=O)O)c1. The molecule has 0 heterocycles. The number of hydrogen-bond donors (Lipinski definition) is 2. The Bertz CT molecular complexity index is 723. The fourth-order valence-electron chi connectivity index (χ4n) is 2.31. The molecule has 3 N–H and O–H groups in total. The fraction of sp³-hybridized carbons (Fsp3) is 0.263. The molecular weight excluding hydrogens is 306 g/mol. The molecule has 2 rings (SSSR count). The van der Waals surface area contributed by atoms with Gasteiger partial charge >= 0.3 is 11.9 Å². The van der Waals surface area contributed by atoms with Crippen molar-refractivity contribution in [2.24, 2.45) is 0 Å². The predicted octanol–water partition coefficient (Wildman–Crippen LogP) is 3.67. The zero-order valence-corrected chi connectivity index (χ0v) is 14.6. The summed E-state index contributed by atoms with van der Waals surface area (Å²) in [6.45, 7) is 7.52. The molecule has 0 unspecified atom stereocenters. The number of carboxylic acids is 1. The van der Waals surface area contributed by atoms with E-state index in [0.717, 1.165) is 27.9 Å². The number of carboxylic acid groups (broad SMARTS) is 1. The molecule has 0 radical (unpaired) electrons. The lowest BCUT2D eigenvalue weighted by Gasteiger charge is -2.06. The Kier molecular flexibility index (Phi) is 6.53. The second-order valence-corrected chi connectivity index (χ2v) is 5.70. The van der Waals surface area contributed by atoms with Gasteiger partial charge in [0.25, 0.3) is 0 Å². The Labute approximate surface area is 142 Å². The van der Waals surface area contributed by atoms with Crippen molar-refractivity contribution in [3.05, 3.63) is 63.7 Å². The van der Waals surface area contributed by atoms with E-state index in [1.807, 2.05) is 33.8 Å². The number of aromatic carboxylic acids is 1. The molecule has 0 saturated carbocycles. The molecule has 0 spiro atoms. The van der Waals surface area contributed by atoms with Crippen LogP contribution in [-0.2, 0) is 4.74 Å². The molecule has 0 bridgehead atoms. The van der Waals surface area contributed by atoms with Crippen molar-refractivity contribution >= 4 is 17.6 Å². The molecule has 128 valence electrons. The van der Waals surface area contributed by atoms with E-state index in [9.17, 15) is 9.59 Å². The van der Waals surface area contributed by atoms with Gasteiger partial charge in [0.15, 0.2) is 0 Å². The molecule has 24 heavy (non-hydrogen) atoms. The lowest BCUT2D eigenvalue weighted by molar-refractivity contribution is 0.0599. The van der Waals surface area contributed by atoms with Gasteiger partial charge in [-0.1, -0.05) is 17.2 Å². The van der Waals surface area contributed by atoms with Gasteiger partial charge in [0.1, 0.15) is 0 Å². The first-order valence-electron chi connectivity index (χ1n) is 7.42. The summed E-state index contributed by atoms with van der Waals surface area (Å²) in [6, 6.07) is 8.74. The first-order chi connectivity index (χ1) is 11.1. The maximum Gasteiger partial charge on any atom is 0.337 e. The number of ether oxygens (including phenoxy) is 1. The molecule has 0 aliphatic carbocycles. The summed E-state index contributed by atoms with van der Waals surface area (Å²) in [7, 11) is 1.36. The van der Waals surface area contributed by atoms with Gasteiger partial charge < -0.3 is 15.6 Å². The van der Waals surface area contributed by atoms with Crippen LogP contribution in [0, 0.1) is 27.7 Å². The summed E-state index contributed by atoms with van der Waals surface area (Å²) in [4.78, 5) is 21.7. The van der Waals surface area contributed by atoms with Gasteiger partial charge in [-0.15, -0.1) is 0 Å². The topological polar surface area (TPSA) is 89.6 Å². The van der Waals surface area contributed by atoms with Crippen LogP contribution in [0.2, 0.25) is 0 Å². The normalized spacial score (nSPS) is 9.71. The summed E-state index contributed by atoms with van der Waals surface area (Å²) in [6.07, 6.45) is 0. The number of nitrogen functional groups attached to an aromatic ring is 1. The van der Waals surface area contributed by atoms with E-state index in [2.05, 4.69) is 4.74 Å². The molecular formula is C19H23NO4. The van der Waals surface area contributed by atoms with E-state index >= 15 is 0 Å². The molecule has 0 aliphatic rings. The van der Waals surface area contributed by atoms with Crippen LogP contribution < -0.4 is 5.73 Å². The zero-order valence-electron chi connectivity index (χ0n) is 14.6. The third kappa shape index (κ3) is 5.12. The van der Waals surface area contributed by atoms with Crippen molar-refractivity contribution < 1.29 is 19.4 Å². The molecule has 5 heteroatoms. The van der Waals surface area contributed by atoms with Gasteiger partial charge in [0.2, 0.25) is 0 Å². The van der Waals surface area contributed by atoms with Crippen molar-refractivity contribution in [2.45, 2.75) is 27.7 Å². The Hall–Kier alpha value is -2.82. The van der Waals surface area contributed by atoms with Crippen LogP contribution in [-0.4, -0.2) is 24.2 Å². The standard InChI is InChI=1S/C10H13NO2.C9H10O2/c1-6-4-8(10(12)13-3)5-7(2)9(6)11;1-6-3-7(2)5-8(4-6)9(10)11/h4-5H,11H2,1-3H3;3-5H,1-2H3,(H,10,11). The number of nitrogens with two attached hydrogens (primary N) is 1. The maximum atomic E-state index is 11.2. The second kappa shape index (κ2) is 8.15. The average molecular weight is 329 g/mol. The molecule has 0 atom stereocenters. The summed E-state index contributed by atoms with van der Waals surface area (Å²) in [5.41, 5.74) is 11.2. The molecule has 0 saturated heterocycles. The number of rotatable bonds is 2. The molecule has 2 aromatic rings. The highest BCUT2D eigenvalue weighted by Crippen LogP contribution is 2.18. The third-order valence-corrected chi connectivity index (χ3v) is 3.48. The van der Waals surface area contributed by atoms with Gasteiger partial charge in [-0.3, -0.25) is 0 Å². The number of hydrogen-bond acceptors (Lipinski definition) is 4. The number of esters is 1. The number of anilines is 1. The highest BCUT2D eigenvalue weighted by atomic mass is 16.5. The number of benzene rings is 2. The number of aryl methyl sites for hydroxylation is 4. The Balaban J connectivity index is 0.000000243. The zero-order chi connectivity index (χ0) is 18.4. The van der Waals surface area contributed by atoms with E-state index in [4.69, 9.17) is 10.8 Å². The monoisotopic (exact) mass is 329 g/mol. The highest BCUT2D eigenvalue weighted by Gasteiger charge is 2.08. The quantitative estimate of drug-likeness (QED) is 0.648. The van der Waals surface area contributed by atoms with E-state index in [0.29, 0.717) is 11.1 Å². The van der Waals surface area contributed by atoms with Crippen molar-refractivity contribution in [1.82, 2.24) is 0 Å². The first-order valence-corrected chi connectivity index (χ1v) is 7.42. The van der Waals surface area contributed by atoms with Crippen molar-refractivity contribution in [3.8, 4) is 0 Å². The summed E-state index contributed by atoms with van der Waals surface area (Å²) in [5.74, 6) is -1.19. The van der Waals surface area contributed by atoms with Crippen LogP contribution in [0.15, 0.2) is 30.3 Å². The van der Waals surface area contributed by atoms with Crippen LogP contribution >= 0.6 is 0 Å². The molecule has 2 aromatic carbocycles. The molecule has 0 aliphatic heterocycles. The predicted molar refractivity (Wildman–Crippen MR) is 94.5 cm³/mol. The van der Waals surface area contributed by atoms with E-state index in [1.54, 1.807) is 24.3 Å². The maximum absolute atomic E-state index is 11.2. The number of methoxy groups -OCH3 is 1. The lowest BCUT2D eigenvalue weighted by Crippen LogP contribution is -2.04. The third-order valence-electron chi connectivity index (χ3n) is 3.48. The van der Waals surface area contributed by atoms with Crippen molar-refractivity contribution in [3.63, 3.8) is 0 Å². The van der Waals surface area contributed by atoms with Crippen molar-refractivity contribution in [2.75, 3.05) is 12.8 Å². The van der Waals surface area contributed by atoms with Gasteiger partial charge in [-0.2, -0.15) is 0 Å². The van der Waals surface area contributed by atoms with Crippen LogP contribution in [0.5, 0.6) is 0 Å². The lowest BCUT2D eigenvalue weighted by atomic mass is 10.1. The minimum Gasteiger partial charge on any atom is -0.478 e. The summed E-state index contributed by atoms with van der Waals surface area (Å²) < 4.78 is 4.61. The average Bonchev–Trinajstić information content (AvgIpc) is 2.51. The first kappa shape index (κ1) is 19.2. The van der Waals surface area contributed by atoms with Crippen LogP contribution in [0.25, 0.3) is 0 Å². The second-order valence-electron chi connectivity index (χ2n) is 5.70. The Morgan fingerprint density at radius 1 is 0.875 bits per heavy atom. The minimum atomic E-state index is -0.864. The van der Waals surface area contributed by atoms with Gasteiger partial charge in [-0.25, -0.2) is 9.59 Å². The summed E-state index contributed by atoms with van der Waals surface area (Å²) >= 11 is 0. The van der Waals surface area contributed by atoms with E-state index < -0.39 is 5.97 Å². The molecule has 0 fully saturated rings. The Morgan fingerprint density at radius 2 is 1.33 bits per heavy atom. The van der Waals surface area contributed by atoms with Gasteiger partial charge in [-0.05, 0) is 63.1 Å². The smallest absolute Gasteiger partial charge is 0.337 e. The van der Waals surface area contributed by atoms with E-state index in [1.165, 1.54) is 7.11 Å². The highest BCUT2D eigenvalue weighted by molar-refractivity contribution is 5.90. The van der Waals surface area contributed by atoms with Crippen LogP contribution in [0.4, 0.5) is 5.69 Å².